The summed E-state index contributed by atoms with van der Waals surface area (Å²) in [7, 11) is 0. The SMILES string of the molecule is Cc1cc(Br)cc(C(=O)NCCOC2CCCCC2)c1. The molecule has 1 aromatic rings. The maximum Gasteiger partial charge on any atom is 0.251 e. The van der Waals surface area contributed by atoms with Gasteiger partial charge in [-0.15, -0.1) is 0 Å². The first kappa shape index (κ1) is 15.5. The van der Waals surface area contributed by atoms with Gasteiger partial charge in [-0.2, -0.15) is 0 Å². The molecular weight excluding hydrogens is 318 g/mol. The summed E-state index contributed by atoms with van der Waals surface area (Å²) in [6, 6.07) is 5.72. The van der Waals surface area contributed by atoms with Crippen LogP contribution in [0.1, 0.15) is 48.0 Å². The molecule has 0 spiro atoms. The summed E-state index contributed by atoms with van der Waals surface area (Å²) in [5.74, 6) is -0.0401. The van der Waals surface area contributed by atoms with E-state index in [0.29, 0.717) is 24.8 Å². The van der Waals surface area contributed by atoms with Crippen molar-refractivity contribution in [2.75, 3.05) is 13.2 Å². The number of aryl methyl sites for hydroxylation is 1. The van der Waals surface area contributed by atoms with Crippen molar-refractivity contribution in [1.29, 1.82) is 0 Å². The van der Waals surface area contributed by atoms with Crippen molar-refractivity contribution in [2.45, 2.75) is 45.1 Å². The highest BCUT2D eigenvalue weighted by Crippen LogP contribution is 2.20. The van der Waals surface area contributed by atoms with E-state index >= 15 is 0 Å². The molecular formula is C16H22BrNO2. The predicted molar refractivity (Wildman–Crippen MR) is 84.0 cm³/mol. The van der Waals surface area contributed by atoms with E-state index in [1.54, 1.807) is 0 Å². The molecule has 0 bridgehead atoms. The summed E-state index contributed by atoms with van der Waals surface area (Å²) in [4.78, 5) is 12.0. The summed E-state index contributed by atoms with van der Waals surface area (Å²) >= 11 is 3.41. The van der Waals surface area contributed by atoms with Gasteiger partial charge in [0.15, 0.2) is 0 Å². The lowest BCUT2D eigenvalue weighted by Gasteiger charge is -2.22. The van der Waals surface area contributed by atoms with Crippen LogP contribution in [-0.2, 0) is 4.74 Å². The smallest absolute Gasteiger partial charge is 0.251 e. The van der Waals surface area contributed by atoms with E-state index < -0.39 is 0 Å². The fraction of sp³-hybridized carbons (Fsp3) is 0.562. The molecule has 0 aromatic heterocycles. The molecule has 0 unspecified atom stereocenters. The molecule has 1 amide bonds. The van der Waals surface area contributed by atoms with Crippen molar-refractivity contribution < 1.29 is 9.53 Å². The Kier molecular flexibility index (Phi) is 6.05. The Morgan fingerprint density at radius 1 is 1.30 bits per heavy atom. The van der Waals surface area contributed by atoms with Crippen molar-refractivity contribution in [3.8, 4) is 0 Å². The van der Waals surface area contributed by atoms with Crippen molar-refractivity contribution in [3.05, 3.63) is 33.8 Å². The van der Waals surface area contributed by atoms with Crippen LogP contribution >= 0.6 is 15.9 Å². The van der Waals surface area contributed by atoms with Crippen LogP contribution in [-0.4, -0.2) is 25.2 Å². The number of hydrogen-bond donors (Lipinski definition) is 1. The third-order valence-corrected chi connectivity index (χ3v) is 4.06. The molecule has 0 radical (unpaired) electrons. The number of carbonyl (C=O) groups excluding carboxylic acids is 1. The molecule has 2 rings (SSSR count). The molecule has 0 heterocycles. The van der Waals surface area contributed by atoms with E-state index in [4.69, 9.17) is 4.74 Å². The fourth-order valence-corrected chi connectivity index (χ4v) is 3.20. The van der Waals surface area contributed by atoms with Gasteiger partial charge in [-0.1, -0.05) is 35.2 Å². The maximum absolute atomic E-state index is 12.0. The Morgan fingerprint density at radius 2 is 2.05 bits per heavy atom. The lowest BCUT2D eigenvalue weighted by Crippen LogP contribution is -2.29. The molecule has 110 valence electrons. The number of hydrogen-bond acceptors (Lipinski definition) is 2. The molecule has 0 saturated heterocycles. The van der Waals surface area contributed by atoms with Gasteiger partial charge in [0.1, 0.15) is 0 Å². The van der Waals surface area contributed by atoms with Crippen molar-refractivity contribution in [1.82, 2.24) is 5.32 Å². The second kappa shape index (κ2) is 7.79. The minimum Gasteiger partial charge on any atom is -0.376 e. The molecule has 1 aliphatic rings. The molecule has 1 aromatic carbocycles. The van der Waals surface area contributed by atoms with Crippen LogP contribution in [0, 0.1) is 6.92 Å². The van der Waals surface area contributed by atoms with Gasteiger partial charge in [0.25, 0.3) is 5.91 Å². The summed E-state index contributed by atoms with van der Waals surface area (Å²) in [6.07, 6.45) is 6.60. The van der Waals surface area contributed by atoms with E-state index in [-0.39, 0.29) is 5.91 Å². The second-order valence-corrected chi connectivity index (χ2v) is 6.32. The third kappa shape index (κ3) is 4.91. The highest BCUT2D eigenvalue weighted by atomic mass is 79.9. The highest BCUT2D eigenvalue weighted by molar-refractivity contribution is 9.10. The van der Waals surface area contributed by atoms with Gasteiger partial charge < -0.3 is 10.1 Å². The van der Waals surface area contributed by atoms with Gasteiger partial charge in [-0.25, -0.2) is 0 Å². The Bertz CT molecular complexity index is 436. The van der Waals surface area contributed by atoms with Crippen molar-refractivity contribution >= 4 is 21.8 Å². The van der Waals surface area contributed by atoms with Gasteiger partial charge in [0.05, 0.1) is 12.7 Å². The Morgan fingerprint density at radius 3 is 2.75 bits per heavy atom. The number of ether oxygens (including phenoxy) is 1. The van der Waals surface area contributed by atoms with Gasteiger partial charge in [0.2, 0.25) is 0 Å². The molecule has 1 N–H and O–H groups in total. The van der Waals surface area contributed by atoms with Crippen LogP contribution in [0.3, 0.4) is 0 Å². The molecule has 4 heteroatoms. The van der Waals surface area contributed by atoms with Crippen molar-refractivity contribution in [2.24, 2.45) is 0 Å². The highest BCUT2D eigenvalue weighted by Gasteiger charge is 2.13. The molecule has 1 aliphatic carbocycles. The molecule has 20 heavy (non-hydrogen) atoms. The lowest BCUT2D eigenvalue weighted by molar-refractivity contribution is 0.0299. The summed E-state index contributed by atoms with van der Waals surface area (Å²) < 4.78 is 6.72. The Hall–Kier alpha value is -0.870. The number of halogens is 1. The number of benzene rings is 1. The van der Waals surface area contributed by atoms with E-state index in [1.807, 2.05) is 25.1 Å². The third-order valence-electron chi connectivity index (χ3n) is 3.60. The first-order valence-corrected chi connectivity index (χ1v) is 8.11. The zero-order valence-corrected chi connectivity index (χ0v) is 13.5. The average molecular weight is 340 g/mol. The normalized spacial score (nSPS) is 16.1. The zero-order valence-electron chi connectivity index (χ0n) is 12.0. The van der Waals surface area contributed by atoms with Crippen LogP contribution in [0.5, 0.6) is 0 Å². The summed E-state index contributed by atoms with van der Waals surface area (Å²) in [5, 5.41) is 2.91. The van der Waals surface area contributed by atoms with E-state index in [9.17, 15) is 4.79 Å². The molecule has 0 atom stereocenters. The Labute approximate surface area is 129 Å². The molecule has 0 aliphatic heterocycles. The number of carbonyl (C=O) groups is 1. The van der Waals surface area contributed by atoms with Crippen molar-refractivity contribution in [3.63, 3.8) is 0 Å². The lowest BCUT2D eigenvalue weighted by atomic mass is 9.98. The number of nitrogens with one attached hydrogen (secondary N) is 1. The fourth-order valence-electron chi connectivity index (χ4n) is 2.59. The van der Waals surface area contributed by atoms with Crippen LogP contribution in [0.4, 0.5) is 0 Å². The minimum atomic E-state index is -0.0401. The molecule has 1 fully saturated rings. The summed E-state index contributed by atoms with van der Waals surface area (Å²) in [6.45, 7) is 3.15. The van der Waals surface area contributed by atoms with Gasteiger partial charge in [-0.05, 0) is 43.5 Å². The van der Waals surface area contributed by atoms with Crippen LogP contribution < -0.4 is 5.32 Å². The quantitative estimate of drug-likeness (QED) is 0.827. The maximum atomic E-state index is 12.0. The predicted octanol–water partition coefficient (Wildman–Crippen LogP) is 3.84. The van der Waals surface area contributed by atoms with Crippen LogP contribution in [0.15, 0.2) is 22.7 Å². The number of amides is 1. The minimum absolute atomic E-state index is 0.0401. The first-order chi connectivity index (χ1) is 9.65. The average Bonchev–Trinajstić information content (AvgIpc) is 2.43. The van der Waals surface area contributed by atoms with E-state index in [0.717, 1.165) is 10.0 Å². The Balaban J connectivity index is 1.71. The zero-order chi connectivity index (χ0) is 14.4. The van der Waals surface area contributed by atoms with E-state index in [2.05, 4.69) is 21.2 Å². The monoisotopic (exact) mass is 339 g/mol. The van der Waals surface area contributed by atoms with Crippen LogP contribution in [0.2, 0.25) is 0 Å². The first-order valence-electron chi connectivity index (χ1n) is 7.32. The molecule has 3 nitrogen and oxygen atoms in total. The largest absolute Gasteiger partial charge is 0.376 e. The van der Waals surface area contributed by atoms with E-state index in [1.165, 1.54) is 32.1 Å². The van der Waals surface area contributed by atoms with Gasteiger partial charge >= 0.3 is 0 Å². The van der Waals surface area contributed by atoms with Gasteiger partial charge in [0, 0.05) is 16.6 Å². The van der Waals surface area contributed by atoms with Crippen LogP contribution in [0.25, 0.3) is 0 Å². The van der Waals surface area contributed by atoms with Gasteiger partial charge in [-0.3, -0.25) is 4.79 Å². The summed E-state index contributed by atoms with van der Waals surface area (Å²) in [5.41, 5.74) is 1.76. The topological polar surface area (TPSA) is 38.3 Å². The number of rotatable bonds is 5. The second-order valence-electron chi connectivity index (χ2n) is 5.40. The standard InChI is InChI=1S/C16H22BrNO2/c1-12-9-13(11-14(17)10-12)16(19)18-7-8-20-15-5-3-2-4-6-15/h9-11,15H,2-8H2,1H3,(H,18,19). The molecule has 1 saturated carbocycles.